The summed E-state index contributed by atoms with van der Waals surface area (Å²) in [6, 6.07) is 4.57. The molecule has 0 saturated carbocycles. The molecule has 0 N–H and O–H groups in total. The van der Waals surface area contributed by atoms with Crippen LogP contribution in [-0.2, 0) is 28.4 Å². The van der Waals surface area contributed by atoms with Crippen LogP contribution in [0, 0.1) is 22.7 Å². The van der Waals surface area contributed by atoms with Crippen molar-refractivity contribution in [3.05, 3.63) is 9.81 Å². The summed E-state index contributed by atoms with van der Waals surface area (Å²) in [4.78, 5) is 10.5. The summed E-state index contributed by atoms with van der Waals surface area (Å²) in [7, 11) is 0. The van der Waals surface area contributed by atoms with Gasteiger partial charge in [0.05, 0.1) is 79.3 Å². The fourth-order valence-corrected chi connectivity index (χ4v) is 7.02. The van der Waals surface area contributed by atoms with Gasteiger partial charge in [-0.15, -0.1) is 23.5 Å². The van der Waals surface area contributed by atoms with Crippen molar-refractivity contribution >= 4 is 23.5 Å². The maximum absolute atomic E-state index is 9.81. The lowest BCUT2D eigenvalue weighted by molar-refractivity contribution is 0.0183. The lowest BCUT2D eigenvalue weighted by Gasteiger charge is -2.25. The maximum Gasteiger partial charge on any atom is 0.109 e. The molecule has 46 heavy (non-hydrogen) atoms. The summed E-state index contributed by atoms with van der Waals surface area (Å²) in [5, 5.41) is 19.6. The Balaban J connectivity index is 1.77. The van der Waals surface area contributed by atoms with E-state index in [1.54, 1.807) is 0 Å². The molecule has 262 valence electrons. The molecule has 4 heterocycles. The molecule has 0 radical (unpaired) electrons. The van der Waals surface area contributed by atoms with Crippen LogP contribution in [0.15, 0.2) is 9.81 Å². The van der Waals surface area contributed by atoms with Crippen molar-refractivity contribution in [2.45, 2.75) is 12.8 Å². The average Bonchev–Trinajstić information content (AvgIpc) is 3.06. The molecule has 0 atom stereocenters. The number of rotatable bonds is 0. The molecular weight excluding hydrogens is 629 g/mol. The number of thioether (sulfide) groups is 2. The quantitative estimate of drug-likeness (QED) is 0.370. The van der Waals surface area contributed by atoms with Crippen LogP contribution in [0.5, 0.6) is 0 Å². The Hall–Kier alpha value is -0.980. The van der Waals surface area contributed by atoms with Crippen LogP contribution >= 0.6 is 23.5 Å². The number of hydrogen-bond acceptors (Lipinski definition) is 14. The molecule has 0 amide bonds. The van der Waals surface area contributed by atoms with E-state index in [0.717, 1.165) is 103 Å². The Bertz CT molecular complexity index is 809. The highest BCUT2D eigenvalue weighted by Crippen LogP contribution is 2.28. The molecule has 0 aromatic carbocycles. The molecule has 4 aliphatic heterocycles. The first-order valence-corrected chi connectivity index (χ1v) is 18.9. The van der Waals surface area contributed by atoms with E-state index in [4.69, 9.17) is 28.4 Å². The van der Waals surface area contributed by atoms with Gasteiger partial charge in [0.25, 0.3) is 0 Å². The van der Waals surface area contributed by atoms with Crippen LogP contribution in [0.25, 0.3) is 0 Å². The van der Waals surface area contributed by atoms with Crippen molar-refractivity contribution in [2.75, 3.05) is 169 Å². The topological polar surface area (TPSA) is 116 Å². The molecule has 14 heteroatoms. The van der Waals surface area contributed by atoms with Gasteiger partial charge in [0, 0.05) is 65.4 Å². The number of ether oxygens (including phenoxy) is 6. The molecule has 2 saturated heterocycles. The van der Waals surface area contributed by atoms with E-state index in [0.29, 0.717) is 89.1 Å². The summed E-state index contributed by atoms with van der Waals surface area (Å²) < 4.78 is 36.3. The molecule has 0 aromatic rings. The Morgan fingerprint density at radius 2 is 0.609 bits per heavy atom. The normalized spacial score (nSPS) is 31.5. The minimum absolute atomic E-state index is 0.529. The smallest absolute Gasteiger partial charge is 0.109 e. The van der Waals surface area contributed by atoms with Crippen LogP contribution in [0.2, 0.25) is 0 Å². The number of nitrogens with zero attached hydrogens (tertiary/aromatic N) is 6. The monoisotopic (exact) mass is 684 g/mol. The van der Waals surface area contributed by atoms with E-state index in [9.17, 15) is 10.5 Å². The van der Waals surface area contributed by atoms with E-state index in [-0.39, 0.29) is 0 Å². The van der Waals surface area contributed by atoms with Crippen LogP contribution in [-0.4, -0.2) is 189 Å². The fourth-order valence-electron chi connectivity index (χ4n) is 5.23. The maximum atomic E-state index is 9.81. The summed E-state index contributed by atoms with van der Waals surface area (Å²) in [6.45, 7) is 17.6. The van der Waals surface area contributed by atoms with Gasteiger partial charge in [-0.2, -0.15) is 10.5 Å². The van der Waals surface area contributed by atoms with E-state index < -0.39 is 0 Å². The first-order chi connectivity index (χ1) is 22.8. The van der Waals surface area contributed by atoms with Gasteiger partial charge in [-0.1, -0.05) is 0 Å². The molecule has 2 fully saturated rings. The van der Waals surface area contributed by atoms with E-state index >= 15 is 0 Å². The van der Waals surface area contributed by atoms with Crippen LogP contribution < -0.4 is 0 Å². The van der Waals surface area contributed by atoms with Gasteiger partial charge in [-0.3, -0.25) is 19.6 Å². The zero-order valence-electron chi connectivity index (χ0n) is 27.7. The molecule has 0 spiro atoms. The molecule has 4 aliphatic rings. The minimum Gasteiger partial charge on any atom is -0.379 e. The molecule has 0 aliphatic carbocycles. The van der Waals surface area contributed by atoms with Gasteiger partial charge in [-0.05, 0) is 37.4 Å². The Morgan fingerprint density at radius 1 is 0.370 bits per heavy atom. The number of hydrogen-bond donors (Lipinski definition) is 0. The number of nitriles is 2. The number of allylic oxidation sites excluding steroid dienone is 2. The van der Waals surface area contributed by atoms with Crippen molar-refractivity contribution < 1.29 is 28.4 Å². The number of fused-ring (bicyclic) bond motifs is 31. The molecule has 0 aromatic heterocycles. The van der Waals surface area contributed by atoms with Crippen molar-refractivity contribution in [3.8, 4) is 12.1 Å². The third-order valence-corrected chi connectivity index (χ3v) is 10.3. The highest BCUT2D eigenvalue weighted by molar-refractivity contribution is 8.07. The first kappa shape index (κ1) is 39.5. The summed E-state index contributed by atoms with van der Waals surface area (Å²) in [5.74, 6) is 1.57. The Morgan fingerprint density at radius 3 is 0.870 bits per heavy atom. The second-order valence-corrected chi connectivity index (χ2v) is 13.5. The summed E-state index contributed by atoms with van der Waals surface area (Å²) in [5.41, 5.74) is 0. The van der Waals surface area contributed by atoms with E-state index in [2.05, 4.69) is 31.7 Å². The third-order valence-electron chi connectivity index (χ3n) is 8.03. The molecule has 12 nitrogen and oxygen atoms in total. The standard InChI is InChI=1S/C32H56N6O6S2/c33-29-31-32(30-34)46-28-2-4-36-7-17-41-21-11-37-9-19-39-15-5-35(3-1-27-45-31)6-16-40-20-10-38(12-22-42-18-8-36)14-24-44-26-25-43-23-13-37/h1-28H2/b32-31-. The lowest BCUT2D eigenvalue weighted by atomic mass is 10.4. The van der Waals surface area contributed by atoms with Gasteiger partial charge >= 0.3 is 0 Å². The highest BCUT2D eigenvalue weighted by atomic mass is 32.2. The van der Waals surface area contributed by atoms with Gasteiger partial charge in [0.15, 0.2) is 0 Å². The molecular formula is C32H56N6O6S2. The van der Waals surface area contributed by atoms with Gasteiger partial charge in [0.1, 0.15) is 21.9 Å². The van der Waals surface area contributed by atoms with Crippen molar-refractivity contribution in [1.29, 1.82) is 10.5 Å². The van der Waals surface area contributed by atoms with Gasteiger partial charge < -0.3 is 28.4 Å². The average molecular weight is 685 g/mol. The molecule has 4 bridgehead atoms. The SMILES string of the molecule is N#C/C1=C(\C#N)SCCCN2CCOCCN3CCOCCOCCN(CCOCCN(CCCS1)CCOCC3)CCOCC2. The predicted octanol–water partition coefficient (Wildman–Crippen LogP) is 1.84. The predicted molar refractivity (Wildman–Crippen MR) is 183 cm³/mol. The highest BCUT2D eigenvalue weighted by Gasteiger charge is 2.14. The molecule has 4 rings (SSSR count). The second kappa shape index (κ2) is 26.9. The Kier molecular flexibility index (Phi) is 23.1. The van der Waals surface area contributed by atoms with Crippen LogP contribution in [0.3, 0.4) is 0 Å². The summed E-state index contributed by atoms with van der Waals surface area (Å²) in [6.07, 6.45) is 1.82. The van der Waals surface area contributed by atoms with Gasteiger partial charge in [0.2, 0.25) is 0 Å². The third kappa shape index (κ3) is 18.5. The second-order valence-electron chi connectivity index (χ2n) is 11.3. The molecule has 0 unspecified atom stereocenters. The van der Waals surface area contributed by atoms with E-state index in [1.807, 2.05) is 0 Å². The van der Waals surface area contributed by atoms with E-state index in [1.165, 1.54) is 23.5 Å². The summed E-state index contributed by atoms with van der Waals surface area (Å²) >= 11 is 2.99. The largest absolute Gasteiger partial charge is 0.379 e. The van der Waals surface area contributed by atoms with Gasteiger partial charge in [-0.25, -0.2) is 0 Å². The minimum atomic E-state index is 0.529. The Labute approximate surface area is 285 Å². The zero-order chi connectivity index (χ0) is 32.3. The van der Waals surface area contributed by atoms with Crippen molar-refractivity contribution in [1.82, 2.24) is 19.6 Å². The van der Waals surface area contributed by atoms with Crippen molar-refractivity contribution in [2.24, 2.45) is 0 Å². The van der Waals surface area contributed by atoms with Crippen molar-refractivity contribution in [3.63, 3.8) is 0 Å². The zero-order valence-corrected chi connectivity index (χ0v) is 29.4. The lowest BCUT2D eigenvalue weighted by Crippen LogP contribution is -2.37. The van der Waals surface area contributed by atoms with Crippen LogP contribution in [0.4, 0.5) is 0 Å². The fraction of sp³-hybridized carbons (Fsp3) is 0.875. The first-order valence-electron chi connectivity index (χ1n) is 16.9. The van der Waals surface area contributed by atoms with Crippen LogP contribution in [0.1, 0.15) is 12.8 Å².